The summed E-state index contributed by atoms with van der Waals surface area (Å²) < 4.78 is 25.4. The SMILES string of the molecule is CS(=O)(=O)Nc1ccc2cc(C(=O)Nc3cccc(C4(c5ccccc5)CC4)c3)[nH]c2c1. The summed E-state index contributed by atoms with van der Waals surface area (Å²) in [5, 5.41) is 3.81. The van der Waals surface area contributed by atoms with E-state index in [1.807, 2.05) is 18.2 Å². The number of benzene rings is 3. The number of aromatic nitrogens is 1. The van der Waals surface area contributed by atoms with Crippen LogP contribution in [0.25, 0.3) is 10.9 Å². The van der Waals surface area contributed by atoms with E-state index in [0.717, 1.165) is 30.2 Å². The van der Waals surface area contributed by atoms with Crippen LogP contribution in [0.4, 0.5) is 11.4 Å². The maximum absolute atomic E-state index is 12.9. The van der Waals surface area contributed by atoms with Gasteiger partial charge in [0.25, 0.3) is 5.91 Å². The lowest BCUT2D eigenvalue weighted by Crippen LogP contribution is -2.14. The zero-order chi connectivity index (χ0) is 22.3. The third-order valence-corrected chi connectivity index (χ3v) is 6.53. The third-order valence-electron chi connectivity index (χ3n) is 5.92. The fourth-order valence-corrected chi connectivity index (χ4v) is 4.80. The minimum atomic E-state index is -3.37. The monoisotopic (exact) mass is 445 g/mol. The summed E-state index contributed by atoms with van der Waals surface area (Å²) in [6, 6.07) is 25.4. The van der Waals surface area contributed by atoms with E-state index >= 15 is 0 Å². The van der Waals surface area contributed by atoms with Gasteiger partial charge in [0, 0.05) is 22.0 Å². The van der Waals surface area contributed by atoms with Crippen molar-refractivity contribution in [3.63, 3.8) is 0 Å². The Kier molecular flexibility index (Phi) is 4.78. The van der Waals surface area contributed by atoms with E-state index in [4.69, 9.17) is 0 Å². The lowest BCUT2D eigenvalue weighted by atomic mass is 9.88. The Morgan fingerprint density at radius 1 is 0.875 bits per heavy atom. The lowest BCUT2D eigenvalue weighted by Gasteiger charge is -2.17. The fourth-order valence-electron chi connectivity index (χ4n) is 4.25. The summed E-state index contributed by atoms with van der Waals surface area (Å²) in [5.41, 5.74) is 4.81. The van der Waals surface area contributed by atoms with Crippen molar-refractivity contribution >= 4 is 38.2 Å². The highest BCUT2D eigenvalue weighted by Crippen LogP contribution is 2.53. The van der Waals surface area contributed by atoms with Gasteiger partial charge in [0.2, 0.25) is 10.0 Å². The molecule has 1 saturated carbocycles. The molecule has 162 valence electrons. The third kappa shape index (κ3) is 3.99. The number of amides is 1. The standard InChI is InChI=1S/C25H23N3O3S/c1-32(30,31)28-21-11-10-17-14-23(27-22(17)16-21)24(29)26-20-9-5-8-19(15-20)25(12-13-25)18-6-3-2-4-7-18/h2-11,14-16,27-28H,12-13H2,1H3,(H,26,29). The molecule has 1 heterocycles. The van der Waals surface area contributed by atoms with Crippen molar-refractivity contribution in [2.75, 3.05) is 16.3 Å². The zero-order valence-corrected chi connectivity index (χ0v) is 18.4. The molecule has 4 aromatic rings. The quantitative estimate of drug-likeness (QED) is 0.395. The molecule has 0 aliphatic heterocycles. The second-order valence-corrected chi connectivity index (χ2v) is 10.1. The van der Waals surface area contributed by atoms with Gasteiger partial charge in [0.15, 0.2) is 0 Å². The summed E-state index contributed by atoms with van der Waals surface area (Å²) in [6.07, 6.45) is 3.29. The van der Waals surface area contributed by atoms with Crippen LogP contribution in [0.5, 0.6) is 0 Å². The highest BCUT2D eigenvalue weighted by molar-refractivity contribution is 7.92. The molecule has 3 aromatic carbocycles. The first-order valence-corrected chi connectivity index (χ1v) is 12.3. The molecule has 7 heteroatoms. The molecule has 5 rings (SSSR count). The van der Waals surface area contributed by atoms with Gasteiger partial charge in [-0.3, -0.25) is 9.52 Å². The average Bonchev–Trinajstić information content (AvgIpc) is 3.47. The van der Waals surface area contributed by atoms with Crippen molar-refractivity contribution in [3.8, 4) is 0 Å². The summed E-state index contributed by atoms with van der Waals surface area (Å²) in [5.74, 6) is -0.250. The van der Waals surface area contributed by atoms with Crippen molar-refractivity contribution in [1.82, 2.24) is 4.98 Å². The number of hydrogen-bond donors (Lipinski definition) is 3. The minimum absolute atomic E-state index is 0.0339. The van der Waals surface area contributed by atoms with Gasteiger partial charge in [0.1, 0.15) is 5.69 Å². The molecule has 0 spiro atoms. The number of aromatic amines is 1. The first-order chi connectivity index (χ1) is 15.3. The molecule has 0 saturated heterocycles. The molecule has 0 unspecified atom stereocenters. The van der Waals surface area contributed by atoms with Crippen LogP contribution >= 0.6 is 0 Å². The van der Waals surface area contributed by atoms with E-state index < -0.39 is 10.0 Å². The van der Waals surface area contributed by atoms with Gasteiger partial charge < -0.3 is 10.3 Å². The van der Waals surface area contributed by atoms with E-state index in [0.29, 0.717) is 16.9 Å². The van der Waals surface area contributed by atoms with Crippen LogP contribution in [0.15, 0.2) is 78.9 Å². The van der Waals surface area contributed by atoms with Crippen LogP contribution in [-0.4, -0.2) is 25.6 Å². The Labute approximate surface area is 186 Å². The van der Waals surface area contributed by atoms with Gasteiger partial charge in [-0.25, -0.2) is 8.42 Å². The first kappa shape index (κ1) is 20.3. The smallest absolute Gasteiger partial charge is 0.272 e. The Balaban J connectivity index is 1.38. The molecule has 1 fully saturated rings. The molecule has 1 aliphatic rings. The second kappa shape index (κ2) is 7.53. The van der Waals surface area contributed by atoms with Crippen molar-refractivity contribution in [2.45, 2.75) is 18.3 Å². The Morgan fingerprint density at radius 2 is 1.62 bits per heavy atom. The molecule has 3 N–H and O–H groups in total. The topological polar surface area (TPSA) is 91.1 Å². The second-order valence-electron chi connectivity index (χ2n) is 8.34. The van der Waals surface area contributed by atoms with Gasteiger partial charge in [-0.1, -0.05) is 48.5 Å². The van der Waals surface area contributed by atoms with Crippen LogP contribution in [-0.2, 0) is 15.4 Å². The molecular formula is C25H23N3O3S. The Bertz CT molecular complexity index is 1420. The molecule has 1 amide bonds. The van der Waals surface area contributed by atoms with Crippen LogP contribution in [0, 0.1) is 0 Å². The van der Waals surface area contributed by atoms with Crippen molar-refractivity contribution < 1.29 is 13.2 Å². The molecular weight excluding hydrogens is 422 g/mol. The molecule has 32 heavy (non-hydrogen) atoms. The summed E-state index contributed by atoms with van der Waals surface area (Å²) in [4.78, 5) is 16.0. The number of anilines is 2. The number of H-pyrrole nitrogens is 1. The molecule has 6 nitrogen and oxygen atoms in total. The van der Waals surface area contributed by atoms with Gasteiger partial charge >= 0.3 is 0 Å². The molecule has 0 bridgehead atoms. The molecule has 0 radical (unpaired) electrons. The number of nitrogens with one attached hydrogen (secondary N) is 3. The highest BCUT2D eigenvalue weighted by Gasteiger charge is 2.45. The summed E-state index contributed by atoms with van der Waals surface area (Å²) >= 11 is 0. The minimum Gasteiger partial charge on any atom is -0.350 e. The first-order valence-electron chi connectivity index (χ1n) is 10.4. The van der Waals surface area contributed by atoms with Crippen LogP contribution in [0.2, 0.25) is 0 Å². The number of fused-ring (bicyclic) bond motifs is 1. The number of carbonyl (C=O) groups excluding carboxylic acids is 1. The van der Waals surface area contributed by atoms with E-state index in [-0.39, 0.29) is 11.3 Å². The number of hydrogen-bond acceptors (Lipinski definition) is 3. The van der Waals surface area contributed by atoms with Gasteiger partial charge in [-0.15, -0.1) is 0 Å². The number of carbonyl (C=O) groups is 1. The lowest BCUT2D eigenvalue weighted by molar-refractivity contribution is 0.102. The highest BCUT2D eigenvalue weighted by atomic mass is 32.2. The molecule has 1 aliphatic carbocycles. The van der Waals surface area contributed by atoms with Crippen molar-refractivity contribution in [1.29, 1.82) is 0 Å². The van der Waals surface area contributed by atoms with E-state index in [1.165, 1.54) is 11.1 Å². The fraction of sp³-hybridized carbons (Fsp3) is 0.160. The summed E-state index contributed by atoms with van der Waals surface area (Å²) in [6.45, 7) is 0. The average molecular weight is 446 g/mol. The molecule has 1 aromatic heterocycles. The van der Waals surface area contributed by atoms with Gasteiger partial charge in [0.05, 0.1) is 11.9 Å². The summed E-state index contributed by atoms with van der Waals surface area (Å²) in [7, 11) is -3.37. The predicted molar refractivity (Wildman–Crippen MR) is 128 cm³/mol. The van der Waals surface area contributed by atoms with E-state index in [9.17, 15) is 13.2 Å². The normalized spacial score (nSPS) is 14.8. The van der Waals surface area contributed by atoms with Crippen LogP contribution in [0.1, 0.15) is 34.5 Å². The van der Waals surface area contributed by atoms with E-state index in [1.54, 1.807) is 24.3 Å². The maximum atomic E-state index is 12.9. The predicted octanol–water partition coefficient (Wildman–Crippen LogP) is 4.87. The van der Waals surface area contributed by atoms with Crippen molar-refractivity contribution in [3.05, 3.63) is 95.7 Å². The number of sulfonamides is 1. The van der Waals surface area contributed by atoms with E-state index in [2.05, 4.69) is 51.4 Å². The van der Waals surface area contributed by atoms with Gasteiger partial charge in [-0.2, -0.15) is 0 Å². The Hall–Kier alpha value is -3.58. The zero-order valence-electron chi connectivity index (χ0n) is 17.6. The molecule has 0 atom stereocenters. The van der Waals surface area contributed by atoms with Gasteiger partial charge in [-0.05, 0) is 54.3 Å². The maximum Gasteiger partial charge on any atom is 0.272 e. The largest absolute Gasteiger partial charge is 0.350 e. The Morgan fingerprint density at radius 3 is 2.34 bits per heavy atom. The number of rotatable bonds is 6. The van der Waals surface area contributed by atoms with Crippen LogP contribution in [0.3, 0.4) is 0 Å². The van der Waals surface area contributed by atoms with Crippen molar-refractivity contribution in [2.24, 2.45) is 0 Å². The van der Waals surface area contributed by atoms with Crippen LogP contribution < -0.4 is 10.0 Å².